The maximum atomic E-state index is 11.9. The molecule has 1 heterocycles. The summed E-state index contributed by atoms with van der Waals surface area (Å²) in [5, 5.41) is 1.17. The van der Waals surface area contributed by atoms with Crippen molar-refractivity contribution in [3.05, 3.63) is 60.0 Å². The summed E-state index contributed by atoms with van der Waals surface area (Å²) in [6.07, 6.45) is 2.77. The van der Waals surface area contributed by atoms with Crippen LogP contribution >= 0.6 is 0 Å². The molecule has 1 aliphatic heterocycles. The van der Waals surface area contributed by atoms with E-state index in [1.807, 2.05) is 30.3 Å². The minimum atomic E-state index is -3.18. The van der Waals surface area contributed by atoms with Crippen molar-refractivity contribution in [2.45, 2.75) is 12.6 Å². The minimum Gasteiger partial charge on any atom is -0.327 e. The van der Waals surface area contributed by atoms with Crippen LogP contribution in [0.25, 0.3) is 0 Å². The fraction of sp³-hybridized carbons (Fsp3) is 0.214. The van der Waals surface area contributed by atoms with Crippen LogP contribution in [0.4, 0.5) is 0 Å². The standard InChI is InChI=1S/C14H15NO3S/c1-2-14(16)15(10-12-6-4-3-5-7-12)13-8-9-19(17,18)11-13/h2-9,13H,1,10-11H2/t13-/m0/s1. The normalized spacial score (nSPS) is 20.1. The molecule has 1 atom stereocenters. The second-order valence-electron chi connectivity index (χ2n) is 4.38. The van der Waals surface area contributed by atoms with Crippen LogP contribution in [0, 0.1) is 0 Å². The van der Waals surface area contributed by atoms with Crippen LogP contribution in [0.5, 0.6) is 0 Å². The zero-order valence-corrected chi connectivity index (χ0v) is 11.2. The summed E-state index contributed by atoms with van der Waals surface area (Å²) in [6.45, 7) is 3.84. The van der Waals surface area contributed by atoms with Crippen LogP contribution in [0.15, 0.2) is 54.5 Å². The molecular weight excluding hydrogens is 262 g/mol. The van der Waals surface area contributed by atoms with Crippen molar-refractivity contribution < 1.29 is 13.2 Å². The highest BCUT2D eigenvalue weighted by molar-refractivity contribution is 7.94. The second kappa shape index (κ2) is 5.40. The Morgan fingerprint density at radius 2 is 2.05 bits per heavy atom. The Balaban J connectivity index is 2.21. The van der Waals surface area contributed by atoms with Crippen molar-refractivity contribution in [1.82, 2.24) is 4.90 Å². The van der Waals surface area contributed by atoms with Crippen LogP contribution in [-0.4, -0.2) is 31.0 Å². The first kappa shape index (κ1) is 13.5. The van der Waals surface area contributed by atoms with Gasteiger partial charge >= 0.3 is 0 Å². The van der Waals surface area contributed by atoms with Crippen molar-refractivity contribution in [3.8, 4) is 0 Å². The van der Waals surface area contributed by atoms with E-state index in [9.17, 15) is 13.2 Å². The molecule has 1 amide bonds. The lowest BCUT2D eigenvalue weighted by atomic mass is 10.1. The Bertz CT molecular complexity index is 605. The van der Waals surface area contributed by atoms with E-state index in [-0.39, 0.29) is 11.7 Å². The van der Waals surface area contributed by atoms with Gasteiger partial charge in [-0.05, 0) is 17.7 Å². The Morgan fingerprint density at radius 3 is 2.58 bits per heavy atom. The van der Waals surface area contributed by atoms with Crippen LogP contribution in [0.3, 0.4) is 0 Å². The van der Waals surface area contributed by atoms with Gasteiger partial charge in [0.2, 0.25) is 5.91 Å². The molecule has 1 aromatic rings. The smallest absolute Gasteiger partial charge is 0.246 e. The third-order valence-corrected chi connectivity index (χ3v) is 4.34. The molecule has 0 spiro atoms. The molecule has 19 heavy (non-hydrogen) atoms. The summed E-state index contributed by atoms with van der Waals surface area (Å²) < 4.78 is 22.9. The number of carbonyl (C=O) groups excluding carboxylic acids is 1. The highest BCUT2D eigenvalue weighted by atomic mass is 32.2. The van der Waals surface area contributed by atoms with E-state index in [4.69, 9.17) is 0 Å². The lowest BCUT2D eigenvalue weighted by Crippen LogP contribution is -2.39. The number of sulfone groups is 1. The molecule has 0 saturated carbocycles. The van der Waals surface area contributed by atoms with E-state index in [1.165, 1.54) is 16.4 Å². The van der Waals surface area contributed by atoms with Crippen molar-refractivity contribution in [2.75, 3.05) is 5.75 Å². The van der Waals surface area contributed by atoms with Crippen molar-refractivity contribution >= 4 is 15.7 Å². The van der Waals surface area contributed by atoms with Crippen LogP contribution in [0.2, 0.25) is 0 Å². The summed E-state index contributed by atoms with van der Waals surface area (Å²) in [5.74, 6) is -0.324. The average Bonchev–Trinajstić information content (AvgIpc) is 2.76. The maximum absolute atomic E-state index is 11.9. The first-order valence-electron chi connectivity index (χ1n) is 5.90. The third-order valence-electron chi connectivity index (χ3n) is 2.96. The SMILES string of the molecule is C=CC(=O)N(Cc1ccccc1)[C@H]1C=CS(=O)(=O)C1. The fourth-order valence-electron chi connectivity index (χ4n) is 2.01. The zero-order chi connectivity index (χ0) is 13.9. The predicted molar refractivity (Wildman–Crippen MR) is 73.9 cm³/mol. The number of benzene rings is 1. The van der Waals surface area contributed by atoms with E-state index in [0.717, 1.165) is 5.56 Å². The van der Waals surface area contributed by atoms with E-state index in [0.29, 0.717) is 6.54 Å². The van der Waals surface area contributed by atoms with Gasteiger partial charge in [-0.1, -0.05) is 36.9 Å². The molecule has 2 rings (SSSR count). The molecular formula is C14H15NO3S. The van der Waals surface area contributed by atoms with Crippen LogP contribution in [-0.2, 0) is 21.2 Å². The summed E-state index contributed by atoms with van der Waals surface area (Å²) in [7, 11) is -3.18. The van der Waals surface area contributed by atoms with Crippen molar-refractivity contribution in [2.24, 2.45) is 0 Å². The van der Waals surface area contributed by atoms with Crippen LogP contribution < -0.4 is 0 Å². The molecule has 4 nitrogen and oxygen atoms in total. The summed E-state index contributed by atoms with van der Waals surface area (Å²) >= 11 is 0. The minimum absolute atomic E-state index is 0.0561. The Hall–Kier alpha value is -1.88. The predicted octanol–water partition coefficient (Wildman–Crippen LogP) is 1.51. The molecule has 0 aromatic heterocycles. The molecule has 0 unspecified atom stereocenters. The van der Waals surface area contributed by atoms with Crippen molar-refractivity contribution in [3.63, 3.8) is 0 Å². The average molecular weight is 277 g/mol. The van der Waals surface area contributed by atoms with Gasteiger partial charge in [0, 0.05) is 12.0 Å². The summed E-state index contributed by atoms with van der Waals surface area (Å²) in [6, 6.07) is 9.03. The summed E-state index contributed by atoms with van der Waals surface area (Å²) in [4.78, 5) is 13.4. The Morgan fingerprint density at radius 1 is 1.37 bits per heavy atom. The van der Waals surface area contributed by atoms with Crippen LogP contribution in [0.1, 0.15) is 5.56 Å². The van der Waals surface area contributed by atoms with Crippen molar-refractivity contribution in [1.29, 1.82) is 0 Å². The largest absolute Gasteiger partial charge is 0.327 e. The molecule has 0 aliphatic carbocycles. The molecule has 0 N–H and O–H groups in total. The van der Waals surface area contributed by atoms with Gasteiger partial charge in [-0.2, -0.15) is 0 Å². The number of hydrogen-bond acceptors (Lipinski definition) is 3. The fourth-order valence-corrected chi connectivity index (χ4v) is 3.31. The number of carbonyl (C=O) groups is 1. The van der Waals surface area contributed by atoms with Gasteiger partial charge in [0.1, 0.15) is 0 Å². The molecule has 0 saturated heterocycles. The lowest BCUT2D eigenvalue weighted by Gasteiger charge is -2.26. The monoisotopic (exact) mass is 277 g/mol. The number of hydrogen-bond donors (Lipinski definition) is 0. The highest BCUT2D eigenvalue weighted by Crippen LogP contribution is 2.18. The molecule has 0 fully saturated rings. The number of rotatable bonds is 4. The summed E-state index contributed by atoms with van der Waals surface area (Å²) in [5.41, 5.74) is 0.954. The first-order chi connectivity index (χ1) is 9.02. The van der Waals surface area contributed by atoms with E-state index in [2.05, 4.69) is 6.58 Å². The van der Waals surface area contributed by atoms with E-state index < -0.39 is 15.9 Å². The highest BCUT2D eigenvalue weighted by Gasteiger charge is 2.29. The van der Waals surface area contributed by atoms with Gasteiger partial charge in [0.05, 0.1) is 11.8 Å². The maximum Gasteiger partial charge on any atom is 0.246 e. The van der Waals surface area contributed by atoms with Gasteiger partial charge in [0.15, 0.2) is 9.84 Å². The molecule has 0 bridgehead atoms. The number of nitrogens with zero attached hydrogens (tertiary/aromatic N) is 1. The Kier molecular flexibility index (Phi) is 3.85. The first-order valence-corrected chi connectivity index (χ1v) is 7.61. The zero-order valence-electron chi connectivity index (χ0n) is 10.4. The number of amides is 1. The third kappa shape index (κ3) is 3.32. The van der Waals surface area contributed by atoms with Gasteiger partial charge in [-0.25, -0.2) is 8.42 Å². The lowest BCUT2D eigenvalue weighted by molar-refractivity contribution is -0.127. The van der Waals surface area contributed by atoms with Gasteiger partial charge in [0.25, 0.3) is 0 Å². The second-order valence-corrected chi connectivity index (χ2v) is 6.31. The molecule has 100 valence electrons. The molecule has 0 radical (unpaired) electrons. The van der Waals surface area contributed by atoms with Gasteiger partial charge < -0.3 is 4.90 Å². The van der Waals surface area contributed by atoms with E-state index in [1.54, 1.807) is 6.08 Å². The molecule has 1 aliphatic rings. The molecule has 5 heteroatoms. The van der Waals surface area contributed by atoms with Gasteiger partial charge in [-0.15, -0.1) is 0 Å². The quantitative estimate of drug-likeness (QED) is 0.784. The Labute approximate surface area is 113 Å². The van der Waals surface area contributed by atoms with E-state index >= 15 is 0 Å². The van der Waals surface area contributed by atoms with Gasteiger partial charge in [-0.3, -0.25) is 4.79 Å². The molecule has 1 aromatic carbocycles. The topological polar surface area (TPSA) is 54.5 Å².